The van der Waals surface area contributed by atoms with Crippen molar-refractivity contribution in [3.63, 3.8) is 0 Å². The highest BCUT2D eigenvalue weighted by atomic mass is 16.6. The summed E-state index contributed by atoms with van der Waals surface area (Å²) in [7, 11) is 0. The topological polar surface area (TPSA) is 75.5 Å². The van der Waals surface area contributed by atoms with Crippen LogP contribution in [0.3, 0.4) is 0 Å². The number of nitrogens with zero attached hydrogens (tertiary/aromatic N) is 2. The monoisotopic (exact) mass is 305 g/mol. The van der Waals surface area contributed by atoms with E-state index in [2.05, 4.69) is 10.2 Å². The minimum atomic E-state index is -0.456. The molecule has 1 N–H and O–H groups in total. The fraction of sp³-hybridized carbons (Fsp3) is 0.562. The molecule has 0 aliphatic carbocycles. The molecule has 1 amide bonds. The molecule has 1 aromatic carbocycles. The summed E-state index contributed by atoms with van der Waals surface area (Å²) in [6.45, 7) is 5.56. The number of nitrogens with one attached hydrogen (secondary N) is 1. The minimum Gasteiger partial charge on any atom is -0.352 e. The van der Waals surface area contributed by atoms with Crippen LogP contribution in [0.4, 0.5) is 5.69 Å². The van der Waals surface area contributed by atoms with E-state index in [-0.39, 0.29) is 11.6 Å². The summed E-state index contributed by atoms with van der Waals surface area (Å²) < 4.78 is 0. The van der Waals surface area contributed by atoms with Crippen molar-refractivity contribution in [2.75, 3.05) is 26.2 Å². The number of benzene rings is 1. The highest BCUT2D eigenvalue weighted by molar-refractivity contribution is 5.94. The molecule has 0 atom stereocenters. The van der Waals surface area contributed by atoms with Gasteiger partial charge in [0.15, 0.2) is 0 Å². The minimum absolute atomic E-state index is 0.0130. The van der Waals surface area contributed by atoms with E-state index in [1.165, 1.54) is 25.3 Å². The predicted octanol–water partition coefficient (Wildman–Crippen LogP) is 2.51. The van der Waals surface area contributed by atoms with Crippen molar-refractivity contribution in [2.24, 2.45) is 0 Å². The van der Waals surface area contributed by atoms with Crippen molar-refractivity contribution in [1.29, 1.82) is 0 Å². The number of piperidine rings is 1. The van der Waals surface area contributed by atoms with Crippen molar-refractivity contribution < 1.29 is 9.72 Å². The van der Waals surface area contributed by atoms with Crippen LogP contribution in [0.1, 0.15) is 41.6 Å². The highest BCUT2D eigenvalue weighted by Gasteiger charge is 2.15. The number of aryl methyl sites for hydroxylation is 1. The maximum absolute atomic E-state index is 12.0. The SMILES string of the molecule is Cc1ccc(C(=O)NCCCN2CCCCC2)cc1[N+](=O)[O-]. The molecule has 22 heavy (non-hydrogen) atoms. The number of hydrogen-bond acceptors (Lipinski definition) is 4. The van der Waals surface area contributed by atoms with Gasteiger partial charge in [-0.15, -0.1) is 0 Å². The lowest BCUT2D eigenvalue weighted by atomic mass is 10.1. The Hall–Kier alpha value is -1.95. The number of hydrogen-bond donors (Lipinski definition) is 1. The van der Waals surface area contributed by atoms with E-state index in [4.69, 9.17) is 0 Å². The number of amides is 1. The van der Waals surface area contributed by atoms with Crippen molar-refractivity contribution in [1.82, 2.24) is 10.2 Å². The standard InChI is InChI=1S/C16H23N3O3/c1-13-6-7-14(12-15(13)19(21)22)16(20)17-8-5-11-18-9-3-2-4-10-18/h6-7,12H,2-5,8-11H2,1H3,(H,17,20). The van der Waals surface area contributed by atoms with Gasteiger partial charge < -0.3 is 10.2 Å². The Kier molecular flexibility index (Phi) is 5.89. The summed E-state index contributed by atoms with van der Waals surface area (Å²) in [6.07, 6.45) is 4.75. The molecule has 0 unspecified atom stereocenters. The van der Waals surface area contributed by atoms with Gasteiger partial charge >= 0.3 is 0 Å². The Morgan fingerprint density at radius 1 is 1.32 bits per heavy atom. The Labute approximate surface area is 130 Å². The normalized spacial score (nSPS) is 15.5. The van der Waals surface area contributed by atoms with Crippen LogP contribution in [-0.2, 0) is 0 Å². The van der Waals surface area contributed by atoms with E-state index < -0.39 is 4.92 Å². The number of likely N-dealkylation sites (tertiary alicyclic amines) is 1. The molecule has 120 valence electrons. The van der Waals surface area contributed by atoms with Gasteiger partial charge in [-0.3, -0.25) is 14.9 Å². The molecule has 1 saturated heterocycles. The van der Waals surface area contributed by atoms with Crippen LogP contribution >= 0.6 is 0 Å². The first-order valence-corrected chi connectivity index (χ1v) is 7.83. The van der Waals surface area contributed by atoms with Crippen LogP contribution in [0, 0.1) is 17.0 Å². The molecule has 6 heteroatoms. The molecule has 0 spiro atoms. The van der Waals surface area contributed by atoms with Crippen molar-refractivity contribution >= 4 is 11.6 Å². The third-order valence-electron chi connectivity index (χ3n) is 4.05. The molecule has 0 saturated carbocycles. The summed E-state index contributed by atoms with van der Waals surface area (Å²) in [5, 5.41) is 13.7. The Balaban J connectivity index is 1.79. The van der Waals surface area contributed by atoms with Crippen LogP contribution in [-0.4, -0.2) is 41.9 Å². The van der Waals surface area contributed by atoms with E-state index in [0.29, 0.717) is 17.7 Å². The van der Waals surface area contributed by atoms with Crippen LogP contribution in [0.25, 0.3) is 0 Å². The highest BCUT2D eigenvalue weighted by Crippen LogP contribution is 2.19. The summed E-state index contributed by atoms with van der Waals surface area (Å²) >= 11 is 0. The molecular formula is C16H23N3O3. The molecule has 1 heterocycles. The molecule has 1 aliphatic heterocycles. The summed E-state index contributed by atoms with van der Waals surface area (Å²) in [4.78, 5) is 24.9. The number of nitro groups is 1. The van der Waals surface area contributed by atoms with E-state index >= 15 is 0 Å². The Morgan fingerprint density at radius 2 is 2.05 bits per heavy atom. The Bertz CT molecular complexity index is 539. The summed E-state index contributed by atoms with van der Waals surface area (Å²) in [6, 6.07) is 4.58. The Morgan fingerprint density at radius 3 is 2.73 bits per heavy atom. The molecule has 2 rings (SSSR count). The van der Waals surface area contributed by atoms with Gasteiger partial charge in [-0.1, -0.05) is 12.5 Å². The molecule has 1 aliphatic rings. The summed E-state index contributed by atoms with van der Waals surface area (Å²) in [5.74, 6) is -0.248. The maximum Gasteiger partial charge on any atom is 0.273 e. The largest absolute Gasteiger partial charge is 0.352 e. The van der Waals surface area contributed by atoms with E-state index in [0.717, 1.165) is 26.1 Å². The number of carbonyl (C=O) groups is 1. The van der Waals surface area contributed by atoms with Crippen molar-refractivity contribution in [2.45, 2.75) is 32.6 Å². The van der Waals surface area contributed by atoms with E-state index in [1.54, 1.807) is 19.1 Å². The van der Waals surface area contributed by atoms with Gasteiger partial charge in [0.2, 0.25) is 0 Å². The third-order valence-corrected chi connectivity index (χ3v) is 4.05. The number of carbonyl (C=O) groups excluding carboxylic acids is 1. The van der Waals surface area contributed by atoms with Gasteiger partial charge in [0, 0.05) is 23.7 Å². The first kappa shape index (κ1) is 16.4. The third kappa shape index (κ3) is 4.53. The molecule has 0 bridgehead atoms. The molecule has 1 aromatic rings. The molecule has 0 radical (unpaired) electrons. The lowest BCUT2D eigenvalue weighted by Crippen LogP contribution is -2.33. The van der Waals surface area contributed by atoms with Crippen molar-refractivity contribution in [3.05, 3.63) is 39.4 Å². The van der Waals surface area contributed by atoms with Gasteiger partial charge in [0.25, 0.3) is 11.6 Å². The molecular weight excluding hydrogens is 282 g/mol. The van der Waals surface area contributed by atoms with Crippen molar-refractivity contribution in [3.8, 4) is 0 Å². The van der Waals surface area contributed by atoms with Gasteiger partial charge in [0.05, 0.1) is 4.92 Å². The molecule has 1 fully saturated rings. The van der Waals surface area contributed by atoms with Crippen LogP contribution < -0.4 is 5.32 Å². The van der Waals surface area contributed by atoms with E-state index in [1.807, 2.05) is 0 Å². The smallest absolute Gasteiger partial charge is 0.273 e. The average molecular weight is 305 g/mol. The fourth-order valence-electron chi connectivity index (χ4n) is 2.74. The predicted molar refractivity (Wildman–Crippen MR) is 85.1 cm³/mol. The average Bonchev–Trinajstić information content (AvgIpc) is 2.52. The first-order valence-electron chi connectivity index (χ1n) is 7.83. The van der Waals surface area contributed by atoms with Crippen LogP contribution in [0.2, 0.25) is 0 Å². The lowest BCUT2D eigenvalue weighted by Gasteiger charge is -2.26. The van der Waals surface area contributed by atoms with Gasteiger partial charge in [-0.2, -0.15) is 0 Å². The quantitative estimate of drug-likeness (QED) is 0.498. The number of rotatable bonds is 6. The summed E-state index contributed by atoms with van der Waals surface area (Å²) in [5.41, 5.74) is 0.892. The zero-order valence-corrected chi connectivity index (χ0v) is 13.0. The first-order chi connectivity index (χ1) is 10.6. The lowest BCUT2D eigenvalue weighted by molar-refractivity contribution is -0.385. The van der Waals surface area contributed by atoms with Crippen LogP contribution in [0.5, 0.6) is 0 Å². The van der Waals surface area contributed by atoms with Gasteiger partial charge in [-0.05, 0) is 51.9 Å². The molecule has 6 nitrogen and oxygen atoms in total. The van der Waals surface area contributed by atoms with Gasteiger partial charge in [0.1, 0.15) is 0 Å². The second kappa shape index (κ2) is 7.89. The fourth-order valence-corrected chi connectivity index (χ4v) is 2.74. The zero-order valence-electron chi connectivity index (χ0n) is 13.0. The second-order valence-corrected chi connectivity index (χ2v) is 5.77. The van der Waals surface area contributed by atoms with Crippen LogP contribution in [0.15, 0.2) is 18.2 Å². The van der Waals surface area contributed by atoms with Gasteiger partial charge in [-0.25, -0.2) is 0 Å². The number of nitro benzene ring substituents is 1. The molecule has 0 aromatic heterocycles. The van der Waals surface area contributed by atoms with E-state index in [9.17, 15) is 14.9 Å². The maximum atomic E-state index is 12.0. The zero-order chi connectivity index (χ0) is 15.9. The second-order valence-electron chi connectivity index (χ2n) is 5.77.